The Balaban J connectivity index is 2.60. The van der Waals surface area contributed by atoms with Crippen LogP contribution in [0.25, 0.3) is 0 Å². The van der Waals surface area contributed by atoms with E-state index in [1.165, 1.54) is 0 Å². The summed E-state index contributed by atoms with van der Waals surface area (Å²) in [4.78, 5) is 24.7. The predicted molar refractivity (Wildman–Crippen MR) is 83.9 cm³/mol. The van der Waals surface area contributed by atoms with Crippen molar-refractivity contribution in [2.45, 2.75) is 90.7 Å². The first-order valence-corrected chi connectivity index (χ1v) is 8.36. The zero-order valence-corrected chi connectivity index (χ0v) is 14.0. The van der Waals surface area contributed by atoms with Crippen molar-refractivity contribution in [3.8, 4) is 0 Å². The standard InChI is InChI=1S/C17H31NO3/c1-5-6-7-12-14(16(20)21-17(2,3)4)15(19)18-13-10-8-9-11-13/h13-14H,5-12H2,1-4H3,(H,18,19). The van der Waals surface area contributed by atoms with Crippen molar-refractivity contribution in [2.24, 2.45) is 5.92 Å². The van der Waals surface area contributed by atoms with Crippen molar-refractivity contribution in [3.05, 3.63) is 0 Å². The molecule has 1 fully saturated rings. The van der Waals surface area contributed by atoms with Crippen LogP contribution in [0.2, 0.25) is 0 Å². The Kier molecular flexibility index (Phi) is 7.20. The number of nitrogens with one attached hydrogen (secondary N) is 1. The van der Waals surface area contributed by atoms with Gasteiger partial charge in [-0.25, -0.2) is 0 Å². The lowest BCUT2D eigenvalue weighted by Gasteiger charge is -2.24. The van der Waals surface area contributed by atoms with Gasteiger partial charge in [0, 0.05) is 6.04 Å². The molecule has 0 heterocycles. The molecule has 0 spiro atoms. The Morgan fingerprint density at radius 2 is 1.81 bits per heavy atom. The summed E-state index contributed by atoms with van der Waals surface area (Å²) in [6, 6.07) is 0.244. The first-order valence-electron chi connectivity index (χ1n) is 8.36. The molecule has 0 aromatic heterocycles. The second kappa shape index (κ2) is 8.40. The fraction of sp³-hybridized carbons (Fsp3) is 0.882. The van der Waals surface area contributed by atoms with Gasteiger partial charge in [0.05, 0.1) is 0 Å². The van der Waals surface area contributed by atoms with E-state index in [0.29, 0.717) is 6.42 Å². The first kappa shape index (κ1) is 18.0. The van der Waals surface area contributed by atoms with Gasteiger partial charge >= 0.3 is 5.97 Å². The second-order valence-electron chi connectivity index (χ2n) is 7.07. The molecule has 4 nitrogen and oxygen atoms in total. The fourth-order valence-corrected chi connectivity index (χ4v) is 2.70. The van der Waals surface area contributed by atoms with E-state index in [9.17, 15) is 9.59 Å². The summed E-state index contributed by atoms with van der Waals surface area (Å²) >= 11 is 0. The van der Waals surface area contributed by atoms with Crippen LogP contribution in [0.1, 0.15) is 79.1 Å². The summed E-state index contributed by atoms with van der Waals surface area (Å²) in [5.74, 6) is -1.18. The molecule has 1 amide bonds. The zero-order valence-electron chi connectivity index (χ0n) is 14.0. The average molecular weight is 297 g/mol. The van der Waals surface area contributed by atoms with E-state index in [1.807, 2.05) is 20.8 Å². The van der Waals surface area contributed by atoms with Gasteiger partial charge in [0.2, 0.25) is 5.91 Å². The van der Waals surface area contributed by atoms with Gasteiger partial charge in [0.1, 0.15) is 11.5 Å². The summed E-state index contributed by atoms with van der Waals surface area (Å²) in [6.07, 6.45) is 7.97. The highest BCUT2D eigenvalue weighted by atomic mass is 16.6. The molecule has 1 aliphatic carbocycles. The molecule has 1 saturated carbocycles. The molecule has 1 aliphatic rings. The van der Waals surface area contributed by atoms with Crippen molar-refractivity contribution < 1.29 is 14.3 Å². The van der Waals surface area contributed by atoms with Crippen LogP contribution < -0.4 is 5.32 Å². The number of rotatable bonds is 7. The van der Waals surface area contributed by atoms with Crippen LogP contribution in [-0.4, -0.2) is 23.5 Å². The van der Waals surface area contributed by atoms with E-state index in [2.05, 4.69) is 12.2 Å². The fourth-order valence-electron chi connectivity index (χ4n) is 2.70. The highest BCUT2D eigenvalue weighted by molar-refractivity contribution is 5.98. The molecule has 4 heteroatoms. The molecule has 0 bridgehead atoms. The Morgan fingerprint density at radius 1 is 1.19 bits per heavy atom. The maximum atomic E-state index is 12.4. The van der Waals surface area contributed by atoms with Gasteiger partial charge < -0.3 is 10.1 Å². The van der Waals surface area contributed by atoms with E-state index < -0.39 is 11.5 Å². The first-order chi connectivity index (χ1) is 9.83. The molecule has 0 aromatic carbocycles. The van der Waals surface area contributed by atoms with Gasteiger partial charge in [0.25, 0.3) is 0 Å². The Morgan fingerprint density at radius 3 is 2.33 bits per heavy atom. The number of esters is 1. The van der Waals surface area contributed by atoms with Crippen LogP contribution in [0.4, 0.5) is 0 Å². The molecule has 0 aromatic rings. The predicted octanol–water partition coefficient (Wildman–Crippen LogP) is 3.58. The Labute approximate surface area is 129 Å². The number of amides is 1. The lowest BCUT2D eigenvalue weighted by molar-refractivity contribution is -0.163. The average Bonchev–Trinajstić information content (AvgIpc) is 2.84. The zero-order chi connectivity index (χ0) is 15.9. The maximum Gasteiger partial charge on any atom is 0.319 e. The van der Waals surface area contributed by atoms with Crippen LogP contribution in [0, 0.1) is 5.92 Å². The molecule has 0 aliphatic heterocycles. The van der Waals surface area contributed by atoms with Crippen molar-refractivity contribution in [1.29, 1.82) is 0 Å². The van der Waals surface area contributed by atoms with Crippen LogP contribution in [0.15, 0.2) is 0 Å². The highest BCUT2D eigenvalue weighted by Crippen LogP contribution is 2.21. The SMILES string of the molecule is CCCCCC(C(=O)NC1CCCC1)C(=O)OC(C)(C)C. The summed E-state index contributed by atoms with van der Waals surface area (Å²) in [5.41, 5.74) is -0.548. The van der Waals surface area contributed by atoms with Gasteiger partial charge in [-0.3, -0.25) is 9.59 Å². The topological polar surface area (TPSA) is 55.4 Å². The molecule has 1 N–H and O–H groups in total. The molecule has 1 unspecified atom stereocenters. The smallest absolute Gasteiger partial charge is 0.319 e. The lowest BCUT2D eigenvalue weighted by atomic mass is 9.99. The Hall–Kier alpha value is -1.06. The van der Waals surface area contributed by atoms with Crippen LogP contribution >= 0.6 is 0 Å². The largest absolute Gasteiger partial charge is 0.459 e. The number of unbranched alkanes of at least 4 members (excludes halogenated alkanes) is 2. The van der Waals surface area contributed by atoms with Crippen molar-refractivity contribution >= 4 is 11.9 Å². The molecule has 21 heavy (non-hydrogen) atoms. The highest BCUT2D eigenvalue weighted by Gasteiger charge is 2.32. The number of ether oxygens (including phenoxy) is 1. The molecule has 0 saturated heterocycles. The third kappa shape index (κ3) is 6.96. The van der Waals surface area contributed by atoms with Crippen LogP contribution in [0.5, 0.6) is 0 Å². The number of carbonyl (C=O) groups is 2. The monoisotopic (exact) mass is 297 g/mol. The van der Waals surface area contributed by atoms with Gasteiger partial charge in [-0.05, 0) is 40.0 Å². The van der Waals surface area contributed by atoms with Crippen molar-refractivity contribution in [3.63, 3.8) is 0 Å². The van der Waals surface area contributed by atoms with Gasteiger partial charge in [-0.2, -0.15) is 0 Å². The van der Waals surface area contributed by atoms with E-state index >= 15 is 0 Å². The quantitative estimate of drug-likeness (QED) is 0.444. The summed E-state index contributed by atoms with van der Waals surface area (Å²) in [7, 11) is 0. The molecular formula is C17H31NO3. The minimum absolute atomic E-state index is 0.146. The lowest BCUT2D eigenvalue weighted by Crippen LogP contribution is -2.42. The molecular weight excluding hydrogens is 266 g/mol. The van der Waals surface area contributed by atoms with E-state index in [1.54, 1.807) is 0 Å². The van der Waals surface area contributed by atoms with Crippen molar-refractivity contribution in [1.82, 2.24) is 5.32 Å². The van der Waals surface area contributed by atoms with E-state index in [-0.39, 0.29) is 17.9 Å². The van der Waals surface area contributed by atoms with Gasteiger partial charge in [-0.15, -0.1) is 0 Å². The van der Waals surface area contributed by atoms with Gasteiger partial charge in [-0.1, -0.05) is 39.0 Å². The summed E-state index contributed by atoms with van der Waals surface area (Å²) < 4.78 is 5.42. The van der Waals surface area contributed by atoms with Crippen molar-refractivity contribution in [2.75, 3.05) is 0 Å². The molecule has 0 radical (unpaired) electrons. The summed E-state index contributed by atoms with van der Waals surface area (Å²) in [6.45, 7) is 7.62. The van der Waals surface area contributed by atoms with E-state index in [4.69, 9.17) is 4.74 Å². The van der Waals surface area contributed by atoms with Crippen LogP contribution in [0.3, 0.4) is 0 Å². The maximum absolute atomic E-state index is 12.4. The third-order valence-electron chi connectivity index (χ3n) is 3.81. The molecule has 1 rings (SSSR count). The normalized spacial score (nSPS) is 17.5. The minimum atomic E-state index is -0.656. The molecule has 122 valence electrons. The third-order valence-corrected chi connectivity index (χ3v) is 3.81. The Bertz CT molecular complexity index is 340. The second-order valence-corrected chi connectivity index (χ2v) is 7.07. The minimum Gasteiger partial charge on any atom is -0.459 e. The number of carbonyl (C=O) groups excluding carboxylic acids is 2. The number of hydrogen-bond donors (Lipinski definition) is 1. The number of hydrogen-bond acceptors (Lipinski definition) is 3. The van der Waals surface area contributed by atoms with E-state index in [0.717, 1.165) is 44.9 Å². The summed E-state index contributed by atoms with van der Waals surface area (Å²) in [5, 5.41) is 3.03. The van der Waals surface area contributed by atoms with Crippen LogP contribution in [-0.2, 0) is 14.3 Å². The molecule has 1 atom stereocenters. The van der Waals surface area contributed by atoms with Gasteiger partial charge in [0.15, 0.2) is 0 Å².